The number of quaternary nitrogens is 1. The summed E-state index contributed by atoms with van der Waals surface area (Å²) in [7, 11) is -2.42. The van der Waals surface area contributed by atoms with Crippen LogP contribution in [0.25, 0.3) is 15.8 Å². The van der Waals surface area contributed by atoms with E-state index in [0.717, 1.165) is 13.1 Å². The Morgan fingerprint density at radius 2 is 1.81 bits per heavy atom. The summed E-state index contributed by atoms with van der Waals surface area (Å²) in [6, 6.07) is 17.9. The van der Waals surface area contributed by atoms with Crippen molar-refractivity contribution in [3.05, 3.63) is 82.1 Å². The maximum absolute atomic E-state index is 14.2. The maximum Gasteiger partial charge on any atom is 0.274 e. The zero-order valence-electron chi connectivity index (χ0n) is 19.6. The van der Waals surface area contributed by atoms with Crippen molar-refractivity contribution >= 4 is 44.7 Å². The summed E-state index contributed by atoms with van der Waals surface area (Å²) in [4.78, 5) is 3.60. The maximum atomic E-state index is 14.2. The number of fused-ring (bicyclic) bond motifs is 1. The third-order valence-electron chi connectivity index (χ3n) is 6.28. The Balaban J connectivity index is 1.34. The van der Waals surface area contributed by atoms with Crippen LogP contribution in [0.15, 0.2) is 76.0 Å². The average Bonchev–Trinajstić information content (AvgIpc) is 3.19. The lowest BCUT2D eigenvalue weighted by Gasteiger charge is -2.33. The van der Waals surface area contributed by atoms with Crippen LogP contribution in [-0.4, -0.2) is 46.3 Å². The van der Waals surface area contributed by atoms with Crippen LogP contribution in [-0.2, 0) is 16.7 Å². The molecular formula is C25H25FN4O4S2. The second-order valence-corrected chi connectivity index (χ2v) is 10.5. The first kappa shape index (κ1) is 24.3. The highest BCUT2D eigenvalue weighted by atomic mass is 32.2. The summed E-state index contributed by atoms with van der Waals surface area (Å²) < 4.78 is 56.8. The second kappa shape index (κ2) is 9.92. The largest absolute Gasteiger partial charge is 0.573 e. The number of benzene rings is 3. The summed E-state index contributed by atoms with van der Waals surface area (Å²) in [5, 5.41) is 0. The summed E-state index contributed by atoms with van der Waals surface area (Å²) in [6.07, 6.45) is 0. The van der Waals surface area contributed by atoms with Gasteiger partial charge < -0.3 is 23.7 Å². The van der Waals surface area contributed by atoms with Crippen LogP contribution in [0.1, 0.15) is 0 Å². The van der Waals surface area contributed by atoms with E-state index in [0.29, 0.717) is 48.0 Å². The van der Waals surface area contributed by atoms with Gasteiger partial charge >= 0.3 is 0 Å². The summed E-state index contributed by atoms with van der Waals surface area (Å²) in [6.45, 7) is 3.44. The minimum absolute atomic E-state index is 0.0507. The Labute approximate surface area is 213 Å². The molecule has 8 nitrogen and oxygen atoms in total. The van der Waals surface area contributed by atoms with E-state index in [2.05, 4.69) is 4.72 Å². The lowest BCUT2D eigenvalue weighted by Crippen LogP contribution is -3.14. The standard InChI is InChI=1S/C25H24FN4O4S2/c1-33-19-8-6-18(7-9-19)27-36(31,32)20-10-11-24-23(16-20)30(25(35)34-24)17-28-12-14-29(15-13-28)22-5-3-2-4-21(22)26/h2-11,16H,12-15,17H2,1H3/q-1/p+1. The number of oxazole rings is 1. The summed E-state index contributed by atoms with van der Waals surface area (Å²) >= 11 is 5.44. The molecule has 11 heteroatoms. The smallest absolute Gasteiger partial charge is 0.274 e. The van der Waals surface area contributed by atoms with Crippen molar-refractivity contribution < 1.29 is 26.9 Å². The number of nitrogens with one attached hydrogen (secondary N) is 1. The van der Waals surface area contributed by atoms with E-state index in [1.54, 1.807) is 48.5 Å². The first-order valence-electron chi connectivity index (χ1n) is 11.4. The van der Waals surface area contributed by atoms with Crippen LogP contribution >= 0.6 is 12.2 Å². The second-order valence-electron chi connectivity index (χ2n) is 8.54. The number of nitrogens with zero attached hydrogens (tertiary/aromatic N) is 3. The first-order valence-corrected chi connectivity index (χ1v) is 13.3. The zero-order valence-corrected chi connectivity index (χ0v) is 21.2. The molecule has 0 radical (unpaired) electrons. The average molecular weight is 529 g/mol. The Bertz CT molecular complexity index is 1540. The van der Waals surface area contributed by atoms with E-state index in [-0.39, 0.29) is 15.6 Å². The number of sulfonamides is 1. The number of piperazine rings is 1. The van der Waals surface area contributed by atoms with Crippen LogP contribution in [0, 0.1) is 10.7 Å². The Morgan fingerprint density at radius 3 is 2.50 bits per heavy atom. The molecule has 1 aliphatic heterocycles. The van der Waals surface area contributed by atoms with Crippen LogP contribution < -0.4 is 14.5 Å². The normalized spacial score (nSPS) is 14.8. The molecule has 0 bridgehead atoms. The van der Waals surface area contributed by atoms with Crippen molar-refractivity contribution in [3.63, 3.8) is 0 Å². The van der Waals surface area contributed by atoms with Crippen LogP contribution in [0.3, 0.4) is 0 Å². The van der Waals surface area contributed by atoms with Gasteiger partial charge in [0.1, 0.15) is 21.6 Å². The van der Waals surface area contributed by atoms with Crippen LogP contribution in [0.5, 0.6) is 5.75 Å². The number of hydrogen-bond acceptors (Lipinski definition) is 6. The molecule has 3 aromatic carbocycles. The topological polar surface area (TPSA) is 83.2 Å². The van der Waals surface area contributed by atoms with Gasteiger partial charge in [0, 0.05) is 0 Å². The Kier molecular flexibility index (Phi) is 6.69. The van der Waals surface area contributed by atoms with Gasteiger partial charge in [0.25, 0.3) is 4.84 Å². The zero-order chi connectivity index (χ0) is 25.3. The Hall–Kier alpha value is -3.41. The highest BCUT2D eigenvalue weighted by Crippen LogP contribution is 2.31. The van der Waals surface area contributed by atoms with Crippen molar-refractivity contribution in [1.82, 2.24) is 4.57 Å². The summed E-state index contributed by atoms with van der Waals surface area (Å²) in [5.74, 6) is 0.389. The van der Waals surface area contributed by atoms with Gasteiger partial charge in [-0.1, -0.05) is 24.3 Å². The fraction of sp³-hybridized carbons (Fsp3) is 0.240. The number of para-hydroxylation sites is 1. The van der Waals surface area contributed by atoms with Crippen LogP contribution in [0.2, 0.25) is 0 Å². The Morgan fingerprint density at radius 1 is 1.08 bits per heavy atom. The molecule has 1 saturated heterocycles. The van der Waals surface area contributed by atoms with Crippen molar-refractivity contribution in [2.45, 2.75) is 11.6 Å². The number of methoxy groups -OCH3 is 1. The predicted octanol–water partition coefficient (Wildman–Crippen LogP) is 3.87. The quantitative estimate of drug-likeness (QED) is 0.367. The lowest BCUT2D eigenvalue weighted by atomic mass is 10.2. The molecule has 0 unspecified atom stereocenters. The molecule has 0 spiro atoms. The number of halogens is 1. The molecule has 0 aliphatic carbocycles. The predicted molar refractivity (Wildman–Crippen MR) is 138 cm³/mol. The molecule has 5 rings (SSSR count). The van der Waals surface area contributed by atoms with E-state index < -0.39 is 10.0 Å². The number of anilines is 1. The number of hydrogen-bond donors (Lipinski definition) is 1. The minimum Gasteiger partial charge on any atom is -0.573 e. The van der Waals surface area contributed by atoms with Gasteiger partial charge in [-0.3, -0.25) is 4.57 Å². The van der Waals surface area contributed by atoms with Gasteiger partial charge in [-0.15, -0.1) is 5.69 Å². The highest BCUT2D eigenvalue weighted by Gasteiger charge is 2.23. The molecule has 188 valence electrons. The van der Waals surface area contributed by atoms with Crippen molar-refractivity contribution in [2.24, 2.45) is 0 Å². The van der Waals surface area contributed by atoms with Gasteiger partial charge in [0.2, 0.25) is 0 Å². The number of aromatic nitrogens is 1. The van der Waals surface area contributed by atoms with Crippen molar-refractivity contribution in [3.8, 4) is 5.75 Å². The third kappa shape index (κ3) is 4.95. The molecule has 0 atom stereocenters. The van der Waals surface area contributed by atoms with Gasteiger partial charge in [0.15, 0.2) is 12.3 Å². The summed E-state index contributed by atoms with van der Waals surface area (Å²) in [5.41, 5.74) is 2.01. The molecule has 1 aliphatic rings. The van der Waals surface area contributed by atoms with Gasteiger partial charge in [-0.05, 0) is 54.7 Å². The van der Waals surface area contributed by atoms with E-state index in [1.807, 2.05) is 15.5 Å². The molecule has 1 fully saturated rings. The van der Waals surface area contributed by atoms with Gasteiger partial charge in [-0.25, -0.2) is 12.8 Å². The van der Waals surface area contributed by atoms with Gasteiger partial charge in [0.05, 0.1) is 49.4 Å². The highest BCUT2D eigenvalue weighted by molar-refractivity contribution is 7.94. The molecule has 1 aromatic heterocycles. The monoisotopic (exact) mass is 528 g/mol. The first-order chi connectivity index (χ1) is 17.3. The van der Waals surface area contributed by atoms with E-state index in [1.165, 1.54) is 24.1 Å². The number of rotatable bonds is 7. The lowest BCUT2D eigenvalue weighted by molar-refractivity contribution is -0.923. The third-order valence-corrected chi connectivity index (χ3v) is 7.88. The van der Waals surface area contributed by atoms with Crippen molar-refractivity contribution in [2.75, 3.05) is 38.2 Å². The number of ether oxygens (including phenoxy) is 1. The van der Waals surface area contributed by atoms with E-state index in [4.69, 9.17) is 21.4 Å². The fourth-order valence-corrected chi connectivity index (χ4v) is 5.60. The SMILES string of the molecule is COc1ccc([N-]S(=O)(=O)c2ccc3oc(=S)n(C[NH+]4CCN(c5ccccc5F)CC4)c3c2)cc1. The fourth-order valence-electron chi connectivity index (χ4n) is 4.34. The minimum atomic E-state index is -3.96. The van der Waals surface area contributed by atoms with Crippen molar-refractivity contribution in [1.29, 1.82) is 0 Å². The molecule has 2 heterocycles. The molecule has 0 saturated carbocycles. The molecular weight excluding hydrogens is 503 g/mol. The van der Waals surface area contributed by atoms with Crippen LogP contribution in [0.4, 0.5) is 15.8 Å². The van der Waals surface area contributed by atoms with E-state index >= 15 is 0 Å². The van der Waals surface area contributed by atoms with Gasteiger partial charge in [-0.2, -0.15) is 0 Å². The molecule has 36 heavy (non-hydrogen) atoms. The van der Waals surface area contributed by atoms with E-state index in [9.17, 15) is 12.8 Å². The molecule has 4 aromatic rings. The molecule has 0 amide bonds. The molecule has 1 N–H and O–H groups in total.